The van der Waals surface area contributed by atoms with E-state index in [1.54, 1.807) is 0 Å². The molecule has 0 heterocycles. The highest BCUT2D eigenvalue weighted by molar-refractivity contribution is 9.12. The molecule has 9 nitrogen and oxygen atoms in total. The van der Waals surface area contributed by atoms with Gasteiger partial charge in [0.05, 0.1) is 76.3 Å². The highest BCUT2D eigenvalue weighted by Crippen LogP contribution is 2.55. The van der Waals surface area contributed by atoms with E-state index in [2.05, 4.69) is 251 Å². The Kier molecular flexibility index (Phi) is 30.1. The summed E-state index contributed by atoms with van der Waals surface area (Å²) in [6.07, 6.45) is 9.32. The van der Waals surface area contributed by atoms with Gasteiger partial charge in [-0.3, -0.25) is 0 Å². The third-order valence-corrected chi connectivity index (χ3v) is 29.6. The molecular weight excluding hydrogens is 1880 g/mol. The number of rotatable bonds is 22. The van der Waals surface area contributed by atoms with Crippen LogP contribution in [0.4, 0.5) is 0 Å². The Bertz CT molecular complexity index is 1500. The maximum atomic E-state index is 11.3. The molecule has 6 fully saturated rings. The summed E-state index contributed by atoms with van der Waals surface area (Å²) in [6.45, 7) is 11.0. The van der Waals surface area contributed by atoms with Crippen LogP contribution < -0.4 is 0 Å². The van der Waals surface area contributed by atoms with E-state index in [1.165, 1.54) is 0 Å². The van der Waals surface area contributed by atoms with E-state index in [0.29, 0.717) is 33.3 Å². The Morgan fingerprint density at radius 3 is 0.568 bits per heavy atom. The molecule has 6 rings (SSSR count). The summed E-state index contributed by atoms with van der Waals surface area (Å²) in [6, 6.07) is 0. The highest BCUT2D eigenvalue weighted by Gasteiger charge is 2.51. The first-order valence-corrected chi connectivity index (χ1v) is 39.2. The van der Waals surface area contributed by atoms with Crippen molar-refractivity contribution in [1.82, 2.24) is 0 Å². The lowest BCUT2D eigenvalue weighted by Gasteiger charge is -2.51. The molecule has 0 amide bonds. The topological polar surface area (TPSA) is 116 Å². The number of aliphatic hydroxyl groups excluding tert-OH is 3. The SMILES string of the molecule is CC(C)(C1CC(Br)C(OCC(O)COC2C(Br)CC(Br)CC2Br)C(Br)C1)C1CC(Br)C(OCC(O)COC2C(Br)CC(C(C)(C)C3CC(Br)C(OCC(O)COC4C(Br)CC(Br)CC4Br)C(Br)C3)CC2Br)C(Br)C1. The van der Waals surface area contributed by atoms with Crippen LogP contribution in [0.1, 0.15) is 105 Å². The van der Waals surface area contributed by atoms with Crippen LogP contribution in [0.25, 0.3) is 0 Å². The van der Waals surface area contributed by atoms with Gasteiger partial charge >= 0.3 is 0 Å². The van der Waals surface area contributed by atoms with E-state index >= 15 is 0 Å². The Morgan fingerprint density at radius 1 is 0.284 bits per heavy atom. The Hall–Kier alpha value is 6.36. The summed E-state index contributed by atoms with van der Waals surface area (Å²) in [5, 5.41) is 33.0. The first-order chi connectivity index (χ1) is 34.7. The van der Waals surface area contributed by atoms with Crippen LogP contribution in [0, 0.1) is 34.5 Å². The molecule has 0 aromatic carbocycles. The number of ether oxygens (including phenoxy) is 6. The van der Waals surface area contributed by atoms with E-state index in [4.69, 9.17) is 28.4 Å². The fraction of sp³-hybridized carbons (Fsp3) is 1.00. The molecule has 6 aliphatic carbocycles. The maximum Gasteiger partial charge on any atom is 0.101 e. The number of hydrogen-bond acceptors (Lipinski definition) is 9. The molecule has 0 aromatic heterocycles. The molecule has 0 saturated heterocycles. The monoisotopic (exact) mass is 1940 g/mol. The number of aliphatic hydroxyl groups is 3. The molecule has 3 N–H and O–H groups in total. The molecule has 6 saturated carbocycles. The molecule has 0 bridgehead atoms. The van der Waals surface area contributed by atoms with Crippen LogP contribution in [-0.4, -0.2) is 177 Å². The zero-order chi connectivity index (χ0) is 54.6. The van der Waals surface area contributed by atoms with Gasteiger partial charge in [-0.2, -0.15) is 0 Å². The van der Waals surface area contributed by atoms with E-state index in [-0.39, 0.29) is 145 Å². The molecule has 434 valence electrons. The molecule has 0 aromatic rings. The van der Waals surface area contributed by atoms with E-state index in [9.17, 15) is 15.3 Å². The molecule has 23 heteroatoms. The minimum Gasteiger partial charge on any atom is -0.388 e. The van der Waals surface area contributed by atoms with Crippen LogP contribution in [0.5, 0.6) is 0 Å². The first kappa shape index (κ1) is 69.5. The van der Waals surface area contributed by atoms with E-state index in [1.807, 2.05) is 0 Å². The minimum atomic E-state index is -0.752. The lowest BCUT2D eigenvalue weighted by Crippen LogP contribution is -2.51. The van der Waals surface area contributed by atoms with Crippen molar-refractivity contribution < 1.29 is 43.7 Å². The van der Waals surface area contributed by atoms with Crippen molar-refractivity contribution >= 4 is 223 Å². The van der Waals surface area contributed by atoms with Crippen LogP contribution in [0.2, 0.25) is 0 Å². The summed E-state index contributed by atoms with van der Waals surface area (Å²) in [4.78, 5) is 2.90. The summed E-state index contributed by atoms with van der Waals surface area (Å²) >= 11 is 54.7. The van der Waals surface area contributed by atoms with Gasteiger partial charge in [0.15, 0.2) is 0 Å². The molecule has 74 heavy (non-hydrogen) atoms. The van der Waals surface area contributed by atoms with Crippen LogP contribution in [-0.2, 0) is 28.4 Å². The summed E-state index contributed by atoms with van der Waals surface area (Å²) < 4.78 is 38.1. The van der Waals surface area contributed by atoms with Crippen LogP contribution >= 0.6 is 223 Å². The summed E-state index contributed by atoms with van der Waals surface area (Å²) in [5.41, 5.74) is 0.104. The molecule has 6 aliphatic rings. The number of halogens is 14. The Morgan fingerprint density at radius 2 is 0.419 bits per heavy atom. The van der Waals surface area contributed by atoms with Crippen molar-refractivity contribution in [3.8, 4) is 0 Å². The second-order valence-electron chi connectivity index (χ2n) is 23.4. The molecular formula is C51H78Br14O9. The van der Waals surface area contributed by atoms with Crippen molar-refractivity contribution in [2.75, 3.05) is 39.6 Å². The van der Waals surface area contributed by atoms with Gasteiger partial charge in [0, 0.05) is 67.6 Å². The second kappa shape index (κ2) is 32.0. The minimum absolute atomic E-state index is 0.00275. The van der Waals surface area contributed by atoms with Crippen molar-refractivity contribution in [3.05, 3.63) is 0 Å². The van der Waals surface area contributed by atoms with Crippen molar-refractivity contribution in [3.63, 3.8) is 0 Å². The summed E-state index contributed by atoms with van der Waals surface area (Å²) in [7, 11) is 0. The van der Waals surface area contributed by atoms with Crippen LogP contribution in [0.3, 0.4) is 0 Å². The Balaban J connectivity index is 0.884. The Labute approximate surface area is 560 Å². The smallest absolute Gasteiger partial charge is 0.101 e. The van der Waals surface area contributed by atoms with E-state index in [0.717, 1.165) is 77.0 Å². The maximum absolute atomic E-state index is 11.3. The number of hydrogen-bond donors (Lipinski definition) is 3. The third kappa shape index (κ3) is 19.2. The lowest BCUT2D eigenvalue weighted by molar-refractivity contribution is -0.0836. The molecule has 0 aliphatic heterocycles. The zero-order valence-corrected chi connectivity index (χ0v) is 64.6. The predicted octanol–water partition coefficient (Wildman–Crippen LogP) is 15.3. The van der Waals surface area contributed by atoms with Crippen molar-refractivity contribution in [2.24, 2.45) is 34.5 Å². The van der Waals surface area contributed by atoms with Crippen molar-refractivity contribution in [2.45, 2.75) is 227 Å². The quantitative estimate of drug-likeness (QED) is 0.0912. The van der Waals surface area contributed by atoms with Gasteiger partial charge < -0.3 is 43.7 Å². The largest absolute Gasteiger partial charge is 0.388 e. The first-order valence-electron chi connectivity index (χ1n) is 26.4. The molecule has 0 radical (unpaired) electrons. The zero-order valence-electron chi connectivity index (χ0n) is 42.4. The molecule has 14 unspecified atom stereocenters. The lowest BCUT2D eigenvalue weighted by atomic mass is 9.60. The normalized spacial score (nSPS) is 45.2. The molecule has 0 spiro atoms. The fourth-order valence-corrected chi connectivity index (χ4v) is 30.3. The average Bonchev–Trinajstić information content (AvgIpc) is 3.29. The highest BCUT2D eigenvalue weighted by atomic mass is 79.9. The standard InChI is InChI=1S/C51H78Br14O9/c1-50(2,25-9-36(58)46(37(59)10-25)71-19-30(67)21-73-48-40(62)13-27(52)14-41(48)63)23-5-32(54)44(33(55)6-23)69-17-29(66)18-70-45-34(56)7-24(8-35(45)57)51(3,4)26-11-38(60)47(39(61)12-26)72-20-31(68)22-74-49-42(64)15-28(53)16-43(49)65/h23-49,66-68H,5-22H2,1-4H3. The second-order valence-corrected chi connectivity index (χ2v) is 40.1. The van der Waals surface area contributed by atoms with Crippen molar-refractivity contribution in [1.29, 1.82) is 0 Å². The predicted molar refractivity (Wildman–Crippen MR) is 351 cm³/mol. The van der Waals surface area contributed by atoms with Gasteiger partial charge in [-0.25, -0.2) is 0 Å². The molecule has 14 atom stereocenters. The van der Waals surface area contributed by atoms with Gasteiger partial charge in [-0.15, -0.1) is 0 Å². The summed E-state index contributed by atoms with van der Waals surface area (Å²) in [5.74, 6) is 1.82. The number of alkyl halides is 14. The van der Waals surface area contributed by atoms with Gasteiger partial charge in [0.1, 0.15) is 18.3 Å². The van der Waals surface area contributed by atoms with Gasteiger partial charge in [-0.1, -0.05) is 251 Å². The van der Waals surface area contributed by atoms with Gasteiger partial charge in [0.25, 0.3) is 0 Å². The van der Waals surface area contributed by atoms with Crippen LogP contribution in [0.15, 0.2) is 0 Å². The van der Waals surface area contributed by atoms with Gasteiger partial charge in [0.2, 0.25) is 0 Å². The third-order valence-electron chi connectivity index (χ3n) is 17.4. The van der Waals surface area contributed by atoms with E-state index < -0.39 is 18.3 Å². The van der Waals surface area contributed by atoms with Gasteiger partial charge in [-0.05, 0) is 112 Å². The fourth-order valence-electron chi connectivity index (χ4n) is 12.5. The average molecular weight is 1950 g/mol.